The molecule has 0 spiro atoms. The summed E-state index contributed by atoms with van der Waals surface area (Å²) in [7, 11) is 1.68. The van der Waals surface area contributed by atoms with Crippen molar-refractivity contribution in [1.82, 2.24) is 19.6 Å². The molecule has 0 aromatic heterocycles. The standard InChI is InChI=1S/C45H54FN3O5.C41H46FN3O4/c1-5-48(40-23-13-12-22-37(40)35-20-14-21-36(28-35)53-27-15-26-52-4)43(50)38-29-41-42(30-39(38)46)54-45(2,3)44(51)49(41)25-24-47(31-33-16-8-6-9-17-33)32-34-18-10-7-11-19-34;1-4-44(36-21-12-11-20-33(36)31-18-13-19-32(46)24-31)39(47)34-25-37-38(26-35(34)42)49-41(2,3)40(48)45(37)23-22-43(27-29-14-7-5-8-15-29)28-30-16-9-6-10-17-30/h6-11,14,16-21,28-30,37,40H,5,12-13,15,22-27,31-32H2,1-4H3;5-10,13-19,24-26,33,36,46H,4,11-12,20-23,27-28H2,1-3H3/t37-,40?;33-,36?/m11/s1. The lowest BCUT2D eigenvalue weighted by Gasteiger charge is -2.41. The monoisotopic (exact) mass is 1400 g/mol. The highest BCUT2D eigenvalue weighted by Crippen LogP contribution is 2.45. The second-order valence-electron chi connectivity index (χ2n) is 28.6. The number of aromatic hydroxyl groups is 1. The van der Waals surface area contributed by atoms with Crippen molar-refractivity contribution in [3.63, 3.8) is 0 Å². The molecular weight excluding hydrogens is 1300 g/mol. The molecule has 2 heterocycles. The number of methoxy groups -OCH3 is 1. The van der Waals surface area contributed by atoms with Crippen molar-refractivity contribution in [1.29, 1.82) is 0 Å². The third-order valence-corrected chi connectivity index (χ3v) is 20.5. The van der Waals surface area contributed by atoms with Gasteiger partial charge in [0.2, 0.25) is 0 Å². The van der Waals surface area contributed by atoms with Crippen LogP contribution in [0, 0.1) is 11.6 Å². The predicted octanol–water partition coefficient (Wildman–Crippen LogP) is 16.6. The summed E-state index contributed by atoms with van der Waals surface area (Å²) >= 11 is 0. The van der Waals surface area contributed by atoms with Crippen molar-refractivity contribution in [2.24, 2.45) is 0 Å². The van der Waals surface area contributed by atoms with Crippen LogP contribution < -0.4 is 24.0 Å². The lowest BCUT2D eigenvalue weighted by atomic mass is 9.79. The first kappa shape index (κ1) is 74.8. The largest absolute Gasteiger partial charge is 0.508 e. The molecule has 542 valence electrons. The predicted molar refractivity (Wildman–Crippen MR) is 401 cm³/mol. The molecule has 0 bridgehead atoms. The Morgan fingerprint density at radius 2 is 0.893 bits per heavy atom. The Kier molecular flexibility index (Phi) is 25.2. The first-order valence-corrected chi connectivity index (χ1v) is 36.7. The highest BCUT2D eigenvalue weighted by atomic mass is 19.1. The second-order valence-corrected chi connectivity index (χ2v) is 28.6. The third-order valence-electron chi connectivity index (χ3n) is 20.5. The van der Waals surface area contributed by atoms with E-state index in [-0.39, 0.29) is 70.0 Å². The van der Waals surface area contributed by atoms with E-state index in [1.165, 1.54) is 35.4 Å². The maximum absolute atomic E-state index is 16.1. The van der Waals surface area contributed by atoms with E-state index in [2.05, 4.69) is 70.5 Å². The molecule has 12 rings (SSSR count). The summed E-state index contributed by atoms with van der Waals surface area (Å²) in [5.74, 6) is -1.01. The Labute approximate surface area is 606 Å². The number of amides is 4. The van der Waals surface area contributed by atoms with Crippen molar-refractivity contribution >= 4 is 35.0 Å². The first-order valence-electron chi connectivity index (χ1n) is 36.7. The highest BCUT2D eigenvalue weighted by molar-refractivity contribution is 6.06. The number of hydrogen-bond donors (Lipinski definition) is 1. The van der Waals surface area contributed by atoms with Gasteiger partial charge in [0.1, 0.15) is 34.6 Å². The molecule has 0 radical (unpaired) electrons. The molecular formula is C86H100F2N6O9. The summed E-state index contributed by atoms with van der Waals surface area (Å²) in [6.45, 7) is 17.2. The van der Waals surface area contributed by atoms with E-state index in [4.69, 9.17) is 18.9 Å². The number of benzene rings is 8. The summed E-state index contributed by atoms with van der Waals surface area (Å²) in [6, 6.07) is 61.6. The first-order chi connectivity index (χ1) is 49.8. The summed E-state index contributed by atoms with van der Waals surface area (Å²) in [5.41, 5.74) is 5.02. The van der Waals surface area contributed by atoms with Crippen LogP contribution in [-0.2, 0) is 40.5 Å². The van der Waals surface area contributed by atoms with Gasteiger partial charge in [0.15, 0.2) is 11.2 Å². The quantitative estimate of drug-likeness (QED) is 0.0491. The number of carbonyl (C=O) groups excluding carboxylic acids is 4. The van der Waals surface area contributed by atoms with Crippen LogP contribution in [0.1, 0.15) is 165 Å². The van der Waals surface area contributed by atoms with Gasteiger partial charge in [-0.15, -0.1) is 0 Å². The normalized spacial score (nSPS) is 18.2. The number of phenolic OH excluding ortho intramolecular Hbond substituents is 1. The Hall–Kier alpha value is -9.42. The molecule has 1 N–H and O–H groups in total. The van der Waals surface area contributed by atoms with Crippen LogP contribution in [0.5, 0.6) is 23.0 Å². The minimum absolute atomic E-state index is 0.0212. The van der Waals surface area contributed by atoms with E-state index in [1.54, 1.807) is 61.6 Å². The molecule has 4 atom stereocenters. The number of ether oxygens (including phenoxy) is 4. The maximum atomic E-state index is 16.1. The van der Waals surface area contributed by atoms with Crippen LogP contribution >= 0.6 is 0 Å². The minimum Gasteiger partial charge on any atom is -0.508 e. The van der Waals surface area contributed by atoms with E-state index in [1.807, 2.05) is 116 Å². The fourth-order valence-electron chi connectivity index (χ4n) is 15.3. The summed E-state index contributed by atoms with van der Waals surface area (Å²) in [6.07, 6.45) is 8.20. The average molecular weight is 1400 g/mol. The number of anilines is 2. The molecule has 2 aliphatic heterocycles. The number of likely N-dealkylation sites (N-methyl/N-ethyl adjacent to an activating group) is 2. The molecule has 15 nitrogen and oxygen atoms in total. The number of fused-ring (bicyclic) bond motifs is 2. The van der Waals surface area contributed by atoms with E-state index in [0.717, 1.165) is 85.8 Å². The molecule has 0 saturated heterocycles. The number of phenols is 1. The van der Waals surface area contributed by atoms with E-state index in [0.29, 0.717) is 90.0 Å². The lowest BCUT2D eigenvalue weighted by molar-refractivity contribution is -0.133. The zero-order chi connectivity index (χ0) is 72.6. The van der Waals surface area contributed by atoms with Crippen molar-refractivity contribution in [3.05, 3.63) is 250 Å². The van der Waals surface area contributed by atoms with Crippen LogP contribution in [0.2, 0.25) is 0 Å². The number of halogens is 2. The molecule has 2 unspecified atom stereocenters. The van der Waals surface area contributed by atoms with Crippen LogP contribution in [-0.4, -0.2) is 131 Å². The lowest BCUT2D eigenvalue weighted by Crippen LogP contribution is -2.54. The van der Waals surface area contributed by atoms with Crippen molar-refractivity contribution in [2.45, 2.75) is 161 Å². The van der Waals surface area contributed by atoms with Gasteiger partial charge in [-0.05, 0) is 137 Å². The second kappa shape index (κ2) is 34.7. The summed E-state index contributed by atoms with van der Waals surface area (Å²) in [4.78, 5) is 68.3. The van der Waals surface area contributed by atoms with Crippen LogP contribution in [0.15, 0.2) is 194 Å². The Morgan fingerprint density at radius 3 is 1.28 bits per heavy atom. The molecule has 2 saturated carbocycles. The number of nitrogens with zero attached hydrogens (tertiary/aromatic N) is 6. The molecule has 2 fully saturated rings. The van der Waals surface area contributed by atoms with E-state index in [9.17, 15) is 24.3 Å². The molecule has 17 heteroatoms. The summed E-state index contributed by atoms with van der Waals surface area (Å²) < 4.78 is 55.5. The Bertz CT molecular complexity index is 4060. The number of rotatable bonds is 27. The van der Waals surface area contributed by atoms with Crippen LogP contribution in [0.4, 0.5) is 20.2 Å². The number of hydrogen-bond acceptors (Lipinski definition) is 11. The van der Waals surface area contributed by atoms with E-state index >= 15 is 8.78 Å². The topological polar surface area (TPSA) is 145 Å². The van der Waals surface area contributed by atoms with Gasteiger partial charge in [-0.1, -0.05) is 171 Å². The molecule has 8 aromatic carbocycles. The molecule has 103 heavy (non-hydrogen) atoms. The Balaban J connectivity index is 0.000000208. The average Bonchev–Trinajstić information content (AvgIpc) is 0.758. The van der Waals surface area contributed by atoms with Gasteiger partial charge in [0.25, 0.3) is 23.6 Å². The van der Waals surface area contributed by atoms with Gasteiger partial charge < -0.3 is 43.7 Å². The fraction of sp³-hybridized carbons (Fsp3) is 0.395. The van der Waals surface area contributed by atoms with Crippen molar-refractivity contribution in [3.8, 4) is 23.0 Å². The van der Waals surface area contributed by atoms with Gasteiger partial charge >= 0.3 is 0 Å². The van der Waals surface area contributed by atoms with Crippen molar-refractivity contribution < 1.29 is 52.0 Å². The SMILES string of the molecule is CCN(C(=O)c1cc2c(cc1F)OC(C)(C)C(=O)N2CCN(Cc1ccccc1)Cc1ccccc1)C1CCCC[C@@H]1c1cccc(O)c1.CCN(C(=O)c1cc2c(cc1F)OC(C)(C)C(=O)N2CCN(Cc1ccccc1)Cc1ccccc1)C1CCCC[C@@H]1c1cccc(OCCCOC)c1. The maximum Gasteiger partial charge on any atom is 0.270 e. The van der Waals surface area contributed by atoms with Crippen LogP contribution in [0.25, 0.3) is 0 Å². The fourth-order valence-corrected chi connectivity index (χ4v) is 15.3. The molecule has 8 aromatic rings. The number of carbonyl (C=O) groups is 4. The van der Waals surface area contributed by atoms with Crippen LogP contribution in [0.3, 0.4) is 0 Å². The smallest absolute Gasteiger partial charge is 0.270 e. The zero-order valence-corrected chi connectivity index (χ0v) is 60.8. The van der Waals surface area contributed by atoms with E-state index < -0.39 is 28.7 Å². The molecule has 4 amide bonds. The van der Waals surface area contributed by atoms with Gasteiger partial charge in [-0.2, -0.15) is 0 Å². The molecule has 4 aliphatic rings. The minimum atomic E-state index is -1.21. The zero-order valence-electron chi connectivity index (χ0n) is 60.8. The summed E-state index contributed by atoms with van der Waals surface area (Å²) in [5, 5.41) is 10.2. The van der Waals surface area contributed by atoms with Gasteiger partial charge in [0.05, 0.1) is 29.1 Å². The highest BCUT2D eigenvalue weighted by Gasteiger charge is 2.45. The van der Waals surface area contributed by atoms with Gasteiger partial charge in [-0.25, -0.2) is 8.78 Å². The van der Waals surface area contributed by atoms with Gasteiger partial charge in [-0.3, -0.25) is 29.0 Å². The third kappa shape index (κ3) is 18.5. The van der Waals surface area contributed by atoms with Crippen molar-refractivity contribution in [2.75, 3.05) is 69.4 Å². The Morgan fingerprint density at radius 1 is 0.505 bits per heavy atom. The molecule has 2 aliphatic carbocycles. The van der Waals surface area contributed by atoms with Gasteiger partial charge in [0, 0.05) is 122 Å².